The average Bonchev–Trinajstić information content (AvgIpc) is 2.65. The van der Waals surface area contributed by atoms with Crippen molar-refractivity contribution in [2.24, 2.45) is 4.99 Å². The zero-order chi connectivity index (χ0) is 10.7. The molecule has 1 N–H and O–H groups in total. The van der Waals surface area contributed by atoms with Crippen LogP contribution in [-0.4, -0.2) is 11.2 Å². The number of aryl methyl sites for hydroxylation is 2. The van der Waals surface area contributed by atoms with Crippen molar-refractivity contribution in [3.8, 4) is 0 Å². The van der Waals surface area contributed by atoms with Crippen molar-refractivity contribution in [1.82, 2.24) is 4.98 Å². The number of nitrogens with one attached hydrogen (secondary N) is 1. The van der Waals surface area contributed by atoms with Crippen molar-refractivity contribution in [3.63, 3.8) is 0 Å². The number of rotatable bonds is 2. The van der Waals surface area contributed by atoms with Crippen LogP contribution in [0.5, 0.6) is 0 Å². The Kier molecular flexibility index (Phi) is 2.68. The van der Waals surface area contributed by atoms with Gasteiger partial charge in [0, 0.05) is 6.20 Å². The Morgan fingerprint density at radius 2 is 1.87 bits per heavy atom. The number of aromatic amines is 1. The molecule has 0 saturated carbocycles. The summed E-state index contributed by atoms with van der Waals surface area (Å²) in [6, 6.07) is 10.3. The standard InChI is InChI=1S/C13H14N2/c1-10-6-11(2)8-13(7-10)15-9-12-4-3-5-14-12/h3-9,14H,1-2H3. The zero-order valence-corrected chi connectivity index (χ0v) is 8.99. The summed E-state index contributed by atoms with van der Waals surface area (Å²) in [4.78, 5) is 7.50. The van der Waals surface area contributed by atoms with E-state index in [0.29, 0.717) is 0 Å². The fraction of sp³-hybridized carbons (Fsp3) is 0.154. The molecule has 0 fully saturated rings. The Morgan fingerprint density at radius 1 is 1.13 bits per heavy atom. The third-order valence-corrected chi connectivity index (χ3v) is 2.18. The van der Waals surface area contributed by atoms with Crippen LogP contribution in [0.25, 0.3) is 0 Å². The molecule has 1 aromatic carbocycles. The third-order valence-electron chi connectivity index (χ3n) is 2.18. The second kappa shape index (κ2) is 4.13. The van der Waals surface area contributed by atoms with E-state index in [1.807, 2.05) is 24.5 Å². The third kappa shape index (κ3) is 2.56. The predicted molar refractivity (Wildman–Crippen MR) is 64.0 cm³/mol. The molecule has 2 heteroatoms. The summed E-state index contributed by atoms with van der Waals surface area (Å²) in [5, 5.41) is 0. The van der Waals surface area contributed by atoms with Crippen LogP contribution in [0.4, 0.5) is 5.69 Å². The highest BCUT2D eigenvalue weighted by atomic mass is 14.8. The summed E-state index contributed by atoms with van der Waals surface area (Å²) in [5.74, 6) is 0. The molecule has 0 aliphatic rings. The lowest BCUT2D eigenvalue weighted by Crippen LogP contribution is -1.80. The Morgan fingerprint density at radius 3 is 2.47 bits per heavy atom. The summed E-state index contributed by atoms with van der Waals surface area (Å²) in [5.41, 5.74) is 4.51. The Labute approximate surface area is 89.7 Å². The van der Waals surface area contributed by atoms with E-state index in [4.69, 9.17) is 0 Å². The first-order chi connectivity index (χ1) is 7.24. The number of H-pyrrole nitrogens is 1. The van der Waals surface area contributed by atoms with Gasteiger partial charge in [-0.1, -0.05) is 6.07 Å². The van der Waals surface area contributed by atoms with Crippen LogP contribution in [0, 0.1) is 13.8 Å². The minimum atomic E-state index is 1.00. The minimum Gasteiger partial charge on any atom is -0.360 e. The van der Waals surface area contributed by atoms with E-state index in [0.717, 1.165) is 11.4 Å². The van der Waals surface area contributed by atoms with Gasteiger partial charge in [0.15, 0.2) is 0 Å². The van der Waals surface area contributed by atoms with E-state index in [1.54, 1.807) is 0 Å². The van der Waals surface area contributed by atoms with Crippen molar-refractivity contribution >= 4 is 11.9 Å². The van der Waals surface area contributed by atoms with E-state index >= 15 is 0 Å². The molecule has 1 aromatic heterocycles. The molecule has 2 rings (SSSR count). The van der Waals surface area contributed by atoms with Crippen LogP contribution in [0.15, 0.2) is 41.5 Å². The van der Waals surface area contributed by atoms with Crippen molar-refractivity contribution in [3.05, 3.63) is 53.3 Å². The highest BCUT2D eigenvalue weighted by molar-refractivity contribution is 5.79. The van der Waals surface area contributed by atoms with Gasteiger partial charge in [-0.2, -0.15) is 0 Å². The van der Waals surface area contributed by atoms with Gasteiger partial charge in [-0.25, -0.2) is 0 Å². The van der Waals surface area contributed by atoms with Crippen LogP contribution < -0.4 is 0 Å². The van der Waals surface area contributed by atoms with Gasteiger partial charge in [0.05, 0.1) is 17.6 Å². The minimum absolute atomic E-state index is 1.00. The number of benzene rings is 1. The second-order valence-electron chi connectivity index (χ2n) is 3.73. The highest BCUT2D eigenvalue weighted by Crippen LogP contribution is 2.16. The van der Waals surface area contributed by atoms with Crippen molar-refractivity contribution < 1.29 is 0 Å². The lowest BCUT2D eigenvalue weighted by molar-refractivity contribution is 1.35. The molecule has 0 aliphatic heterocycles. The Balaban J connectivity index is 2.24. The maximum atomic E-state index is 4.41. The van der Waals surface area contributed by atoms with Gasteiger partial charge in [0.1, 0.15) is 0 Å². The molecule has 2 nitrogen and oxygen atoms in total. The van der Waals surface area contributed by atoms with E-state index < -0.39 is 0 Å². The number of aromatic nitrogens is 1. The first kappa shape index (κ1) is 9.71. The smallest absolute Gasteiger partial charge is 0.0635 e. The molecular formula is C13H14N2. The molecule has 15 heavy (non-hydrogen) atoms. The van der Waals surface area contributed by atoms with Crippen molar-refractivity contribution in [2.45, 2.75) is 13.8 Å². The summed E-state index contributed by atoms with van der Waals surface area (Å²) in [6.45, 7) is 4.17. The Hall–Kier alpha value is -1.83. The molecular weight excluding hydrogens is 184 g/mol. The van der Waals surface area contributed by atoms with Crippen molar-refractivity contribution in [1.29, 1.82) is 0 Å². The molecule has 0 saturated heterocycles. The number of hydrogen-bond donors (Lipinski definition) is 1. The second-order valence-corrected chi connectivity index (χ2v) is 3.73. The topological polar surface area (TPSA) is 28.1 Å². The maximum Gasteiger partial charge on any atom is 0.0635 e. The number of hydrogen-bond acceptors (Lipinski definition) is 1. The van der Waals surface area contributed by atoms with E-state index in [9.17, 15) is 0 Å². The molecule has 0 atom stereocenters. The first-order valence-electron chi connectivity index (χ1n) is 5.00. The van der Waals surface area contributed by atoms with Crippen molar-refractivity contribution in [2.75, 3.05) is 0 Å². The van der Waals surface area contributed by atoms with Gasteiger partial charge in [0.2, 0.25) is 0 Å². The lowest BCUT2D eigenvalue weighted by Gasteiger charge is -1.98. The van der Waals surface area contributed by atoms with Crippen LogP contribution in [0.1, 0.15) is 16.8 Å². The molecule has 76 valence electrons. The molecule has 1 heterocycles. The average molecular weight is 198 g/mol. The first-order valence-corrected chi connectivity index (χ1v) is 5.00. The fourth-order valence-electron chi connectivity index (χ4n) is 1.59. The van der Waals surface area contributed by atoms with Gasteiger partial charge < -0.3 is 4.98 Å². The van der Waals surface area contributed by atoms with Crippen LogP contribution in [-0.2, 0) is 0 Å². The number of aliphatic imine (C=N–C) groups is 1. The monoisotopic (exact) mass is 198 g/mol. The van der Waals surface area contributed by atoms with E-state index in [2.05, 4.69) is 42.0 Å². The predicted octanol–water partition coefficient (Wildman–Crippen LogP) is 3.38. The van der Waals surface area contributed by atoms with Gasteiger partial charge in [0.25, 0.3) is 0 Å². The highest BCUT2D eigenvalue weighted by Gasteiger charge is 1.93. The molecule has 0 spiro atoms. The van der Waals surface area contributed by atoms with Gasteiger partial charge in [-0.15, -0.1) is 0 Å². The van der Waals surface area contributed by atoms with Crippen LogP contribution in [0.2, 0.25) is 0 Å². The normalized spacial score (nSPS) is 11.1. The number of nitrogens with zero attached hydrogens (tertiary/aromatic N) is 1. The van der Waals surface area contributed by atoms with Gasteiger partial charge >= 0.3 is 0 Å². The van der Waals surface area contributed by atoms with Gasteiger partial charge in [-0.3, -0.25) is 4.99 Å². The van der Waals surface area contributed by atoms with Gasteiger partial charge in [-0.05, 0) is 49.2 Å². The summed E-state index contributed by atoms with van der Waals surface area (Å²) < 4.78 is 0. The van der Waals surface area contributed by atoms with E-state index in [-0.39, 0.29) is 0 Å². The maximum absolute atomic E-state index is 4.41. The molecule has 0 amide bonds. The summed E-state index contributed by atoms with van der Waals surface area (Å²) in [7, 11) is 0. The fourth-order valence-corrected chi connectivity index (χ4v) is 1.59. The molecule has 0 aliphatic carbocycles. The largest absolute Gasteiger partial charge is 0.360 e. The van der Waals surface area contributed by atoms with Crippen LogP contribution in [0.3, 0.4) is 0 Å². The quantitative estimate of drug-likeness (QED) is 0.716. The Bertz CT molecular complexity index is 447. The summed E-state index contributed by atoms with van der Waals surface area (Å²) >= 11 is 0. The van der Waals surface area contributed by atoms with E-state index in [1.165, 1.54) is 11.1 Å². The molecule has 2 aromatic rings. The molecule has 0 bridgehead atoms. The molecule has 0 unspecified atom stereocenters. The lowest BCUT2D eigenvalue weighted by atomic mass is 10.1. The van der Waals surface area contributed by atoms with Crippen LogP contribution >= 0.6 is 0 Å². The molecule has 0 radical (unpaired) electrons. The summed E-state index contributed by atoms with van der Waals surface area (Å²) in [6.07, 6.45) is 3.73. The SMILES string of the molecule is Cc1cc(C)cc(N=Cc2ccc[nH]2)c1. The zero-order valence-electron chi connectivity index (χ0n) is 8.99.